The van der Waals surface area contributed by atoms with E-state index in [0.29, 0.717) is 46.7 Å². The Morgan fingerprint density at radius 1 is 1.09 bits per heavy atom. The molecule has 12 nitrogen and oxygen atoms in total. The number of aliphatic imine (C=N–C) groups is 1. The van der Waals surface area contributed by atoms with Crippen LogP contribution < -0.4 is 10.6 Å². The van der Waals surface area contributed by atoms with Gasteiger partial charge < -0.3 is 25.1 Å². The van der Waals surface area contributed by atoms with Crippen LogP contribution in [0.4, 0.5) is 16.0 Å². The molecule has 1 fully saturated rings. The molecule has 1 amide bonds. The van der Waals surface area contributed by atoms with E-state index in [9.17, 15) is 9.18 Å². The van der Waals surface area contributed by atoms with Crippen LogP contribution in [0.1, 0.15) is 25.5 Å². The van der Waals surface area contributed by atoms with Crippen molar-refractivity contribution >= 4 is 30.1 Å². The van der Waals surface area contributed by atoms with E-state index in [4.69, 9.17) is 19.4 Å². The molecule has 1 saturated heterocycles. The van der Waals surface area contributed by atoms with E-state index in [1.807, 2.05) is 12.6 Å². The first-order valence-electron chi connectivity index (χ1n) is 13.9. The highest BCUT2D eigenvalue weighted by Gasteiger charge is 2.41. The van der Waals surface area contributed by atoms with Gasteiger partial charge in [0.1, 0.15) is 12.4 Å². The van der Waals surface area contributed by atoms with E-state index in [1.54, 1.807) is 55.8 Å². The number of amides is 1. The van der Waals surface area contributed by atoms with E-state index in [2.05, 4.69) is 35.2 Å². The predicted octanol–water partition coefficient (Wildman–Crippen LogP) is 3.69. The third-order valence-corrected chi connectivity index (χ3v) is 7.12. The molecule has 0 unspecified atom stereocenters. The van der Waals surface area contributed by atoms with Gasteiger partial charge in [-0.3, -0.25) is 14.4 Å². The van der Waals surface area contributed by atoms with Gasteiger partial charge in [-0.05, 0) is 49.4 Å². The van der Waals surface area contributed by atoms with Gasteiger partial charge in [0.05, 0.1) is 42.3 Å². The number of carbonyl (C=O) groups is 1. The molecule has 5 heterocycles. The first-order valence-corrected chi connectivity index (χ1v) is 13.9. The van der Waals surface area contributed by atoms with Crippen molar-refractivity contribution in [3.8, 4) is 22.6 Å². The number of aromatic nitrogens is 5. The summed E-state index contributed by atoms with van der Waals surface area (Å²) in [5, 5.41) is 6.16. The van der Waals surface area contributed by atoms with Crippen LogP contribution in [0.25, 0.3) is 22.6 Å². The molecule has 0 bridgehead atoms. The molecule has 1 aromatic carbocycles. The number of ether oxygens (including phenoxy) is 2. The smallest absolute Gasteiger partial charge is 0.281 e. The minimum atomic E-state index is -0.915. The maximum atomic E-state index is 13.8. The van der Waals surface area contributed by atoms with Crippen LogP contribution in [-0.4, -0.2) is 80.8 Å². The lowest BCUT2D eigenvalue weighted by Crippen LogP contribution is -2.45. The average Bonchev–Trinajstić information content (AvgIpc) is 3.72. The van der Waals surface area contributed by atoms with Crippen molar-refractivity contribution in [1.82, 2.24) is 24.9 Å². The number of H-pyrrole nitrogens is 1. The van der Waals surface area contributed by atoms with Gasteiger partial charge in [-0.25, -0.2) is 19.3 Å². The van der Waals surface area contributed by atoms with E-state index in [1.165, 1.54) is 12.1 Å². The number of nitrogens with zero attached hydrogens (tertiary/aromatic N) is 6. The van der Waals surface area contributed by atoms with Crippen LogP contribution in [0.3, 0.4) is 0 Å². The zero-order valence-electron chi connectivity index (χ0n) is 23.5. The molecule has 13 heteroatoms. The molecule has 4 aromatic rings. The molecule has 220 valence electrons. The summed E-state index contributed by atoms with van der Waals surface area (Å²) >= 11 is 0. The highest BCUT2D eigenvalue weighted by Crippen LogP contribution is 2.36. The van der Waals surface area contributed by atoms with Crippen LogP contribution in [0.5, 0.6) is 0 Å². The van der Waals surface area contributed by atoms with Crippen LogP contribution in [-0.2, 0) is 14.3 Å². The van der Waals surface area contributed by atoms with Crippen molar-refractivity contribution in [2.75, 3.05) is 43.5 Å². The highest BCUT2D eigenvalue weighted by molar-refractivity contribution is 5.95. The third-order valence-electron chi connectivity index (χ3n) is 7.12. The standard InChI is InChI=1S/C30H30FN9O3/c1-30(28(41)36-22-7-11-32-12-8-22)17-42-27(43-18-30)26-38-24(20-3-5-21(31)6-4-20)25(39-26)23-9-13-35-29(37-23)34-10-2-15-40-16-14-33-19-40/h3-9,11-14,19,27H,2,10,15-18H2,1H3,(H2-,32,34,35,36,37,38,39,41)/p+1. The molecule has 43 heavy (non-hydrogen) atoms. The fourth-order valence-corrected chi connectivity index (χ4v) is 4.68. The number of carbonyl (C=O) groups excluding carboxylic acids is 1. The highest BCUT2D eigenvalue weighted by atomic mass is 19.1. The van der Waals surface area contributed by atoms with Gasteiger partial charge in [0.25, 0.3) is 6.34 Å². The lowest BCUT2D eigenvalue weighted by Gasteiger charge is -2.35. The number of benzene rings is 1. The van der Waals surface area contributed by atoms with Crippen molar-refractivity contribution in [2.24, 2.45) is 10.4 Å². The monoisotopic (exact) mass is 584 g/mol. The molecular weight excluding hydrogens is 553 g/mol. The van der Waals surface area contributed by atoms with Crippen molar-refractivity contribution in [2.45, 2.75) is 19.6 Å². The molecule has 0 aliphatic carbocycles. The quantitative estimate of drug-likeness (QED) is 0.189. The maximum absolute atomic E-state index is 13.8. The number of anilines is 2. The van der Waals surface area contributed by atoms with Gasteiger partial charge in [0.15, 0.2) is 12.0 Å². The molecular formula is C30H31FN9O3+. The largest absolute Gasteiger partial charge is 0.354 e. The first-order chi connectivity index (χ1) is 21.0. The minimum Gasteiger partial charge on any atom is -0.354 e. The van der Waals surface area contributed by atoms with Crippen molar-refractivity contribution in [3.05, 3.63) is 72.7 Å². The van der Waals surface area contributed by atoms with Gasteiger partial charge in [-0.15, -0.1) is 0 Å². The molecule has 0 spiro atoms. The molecule has 6 rings (SSSR count). The number of hydrogen-bond acceptors (Lipinski definition) is 9. The number of aromatic amines is 1. The van der Waals surface area contributed by atoms with Gasteiger partial charge in [0.2, 0.25) is 18.1 Å². The summed E-state index contributed by atoms with van der Waals surface area (Å²) in [7, 11) is 0. The van der Waals surface area contributed by atoms with E-state index < -0.39 is 11.7 Å². The second kappa shape index (κ2) is 12.5. The molecule has 3 N–H and O–H groups in total. The molecule has 3 aromatic heterocycles. The summed E-state index contributed by atoms with van der Waals surface area (Å²) in [5.74, 6) is 0.303. The number of rotatable bonds is 10. The van der Waals surface area contributed by atoms with Crippen molar-refractivity contribution < 1.29 is 23.2 Å². The number of hydrogen-bond donors (Lipinski definition) is 3. The Bertz CT molecular complexity index is 1630. The Balaban J connectivity index is 1.19. The van der Waals surface area contributed by atoms with Crippen molar-refractivity contribution in [3.63, 3.8) is 0 Å². The van der Waals surface area contributed by atoms with Crippen LogP contribution >= 0.6 is 0 Å². The Morgan fingerprint density at radius 3 is 2.63 bits per heavy atom. The number of pyridine rings is 1. The van der Waals surface area contributed by atoms with E-state index in [-0.39, 0.29) is 24.9 Å². The Hall–Kier alpha value is -4.88. The van der Waals surface area contributed by atoms with Crippen LogP contribution in [0.15, 0.2) is 66.0 Å². The lowest BCUT2D eigenvalue weighted by molar-refractivity contribution is -0.504. The third kappa shape index (κ3) is 6.63. The SMILES string of the molecule is CC1(C(=O)Nc2ccncc2)COC(c2nc(-c3ccc(F)cc3)c(-c3ccnc(NCCC[N+]4=CN=CC4)n3)[nH]2)OC1. The summed E-state index contributed by atoms with van der Waals surface area (Å²) in [6.07, 6.45) is 8.63. The van der Waals surface area contributed by atoms with E-state index >= 15 is 0 Å². The predicted molar refractivity (Wildman–Crippen MR) is 158 cm³/mol. The van der Waals surface area contributed by atoms with Gasteiger partial charge >= 0.3 is 0 Å². The molecule has 2 aliphatic rings. The molecule has 2 aliphatic heterocycles. The van der Waals surface area contributed by atoms with E-state index in [0.717, 1.165) is 19.5 Å². The van der Waals surface area contributed by atoms with Gasteiger partial charge in [0, 0.05) is 42.8 Å². The number of imidazole rings is 1. The zero-order valence-corrected chi connectivity index (χ0v) is 23.5. The summed E-state index contributed by atoms with van der Waals surface area (Å²) < 4.78 is 27.9. The van der Waals surface area contributed by atoms with Gasteiger partial charge in [-0.1, -0.05) is 4.99 Å². The topological polar surface area (TPSA) is 142 Å². The van der Waals surface area contributed by atoms with Crippen LogP contribution in [0, 0.1) is 11.2 Å². The fraction of sp³-hybridized carbons (Fsp3) is 0.300. The lowest BCUT2D eigenvalue weighted by atomic mass is 9.91. The Morgan fingerprint density at radius 2 is 1.88 bits per heavy atom. The van der Waals surface area contributed by atoms with Crippen LogP contribution in [0.2, 0.25) is 0 Å². The summed E-state index contributed by atoms with van der Waals surface area (Å²) in [6, 6.07) is 11.3. The average molecular weight is 585 g/mol. The second-order valence-corrected chi connectivity index (χ2v) is 10.5. The molecule has 0 atom stereocenters. The summed E-state index contributed by atoms with van der Waals surface area (Å²) in [4.78, 5) is 38.2. The zero-order chi connectivity index (χ0) is 29.6. The van der Waals surface area contributed by atoms with Gasteiger partial charge in [-0.2, -0.15) is 0 Å². The molecule has 0 saturated carbocycles. The number of nitrogens with one attached hydrogen (secondary N) is 3. The molecule has 0 radical (unpaired) electrons. The Labute approximate surface area is 247 Å². The fourth-order valence-electron chi connectivity index (χ4n) is 4.68. The minimum absolute atomic E-state index is 0.111. The number of halogens is 1. The second-order valence-electron chi connectivity index (χ2n) is 10.5. The normalized spacial score (nSPS) is 19.7. The summed E-state index contributed by atoms with van der Waals surface area (Å²) in [6.45, 7) is 4.39. The first kappa shape index (κ1) is 28.2. The maximum Gasteiger partial charge on any atom is 0.281 e. The van der Waals surface area contributed by atoms with Crippen molar-refractivity contribution in [1.29, 1.82) is 0 Å². The summed E-state index contributed by atoms with van der Waals surface area (Å²) in [5.41, 5.74) is 2.17. The Kier molecular flexibility index (Phi) is 8.24.